The molecule has 2 N–H and O–H groups in total. The summed E-state index contributed by atoms with van der Waals surface area (Å²) in [6, 6.07) is 0. The van der Waals surface area contributed by atoms with Gasteiger partial charge in [0.05, 0.1) is 5.69 Å². The van der Waals surface area contributed by atoms with E-state index in [-0.39, 0.29) is 0 Å². The largest absolute Gasteiger partial charge is 0.477 e. The average Bonchev–Trinajstić information content (AvgIpc) is 3.06. The van der Waals surface area contributed by atoms with Crippen molar-refractivity contribution < 1.29 is 14.6 Å². The van der Waals surface area contributed by atoms with Crippen LogP contribution in [0.4, 0.5) is 5.13 Å². The Morgan fingerprint density at radius 2 is 2.39 bits per heavy atom. The maximum atomic E-state index is 10.8. The molecule has 1 heterocycles. The summed E-state index contributed by atoms with van der Waals surface area (Å²) in [5.74, 6) is -0.108. The highest BCUT2D eigenvalue weighted by Gasteiger charge is 2.20. The third kappa shape index (κ3) is 3.96. The summed E-state index contributed by atoms with van der Waals surface area (Å²) in [6.45, 7) is 4.11. The van der Waals surface area contributed by atoms with Gasteiger partial charge in [-0.2, -0.15) is 0 Å². The number of anilines is 1. The zero-order chi connectivity index (χ0) is 13.0. The van der Waals surface area contributed by atoms with Gasteiger partial charge in [0.25, 0.3) is 0 Å². The van der Waals surface area contributed by atoms with Crippen molar-refractivity contribution in [2.45, 2.75) is 26.2 Å². The summed E-state index contributed by atoms with van der Waals surface area (Å²) in [5.41, 5.74) is 0.569. The number of carboxylic acid groups (broad SMARTS) is 1. The van der Waals surface area contributed by atoms with Gasteiger partial charge in [-0.15, -0.1) is 0 Å². The van der Waals surface area contributed by atoms with Crippen LogP contribution in [0.3, 0.4) is 0 Å². The van der Waals surface area contributed by atoms with Crippen LogP contribution in [0.2, 0.25) is 0 Å². The van der Waals surface area contributed by atoms with Crippen LogP contribution < -0.4 is 5.32 Å². The minimum atomic E-state index is -0.911. The van der Waals surface area contributed by atoms with E-state index < -0.39 is 5.97 Å². The van der Waals surface area contributed by atoms with Crippen molar-refractivity contribution in [1.29, 1.82) is 0 Å². The van der Waals surface area contributed by atoms with E-state index >= 15 is 0 Å². The molecule has 100 valence electrons. The fourth-order valence-corrected chi connectivity index (χ4v) is 2.41. The third-order valence-corrected chi connectivity index (χ3v) is 3.89. The molecule has 0 atom stereocenters. The molecular weight excluding hydrogens is 252 g/mol. The summed E-state index contributed by atoms with van der Waals surface area (Å²) < 4.78 is 5.51. The van der Waals surface area contributed by atoms with Gasteiger partial charge in [0.1, 0.15) is 4.88 Å². The highest BCUT2D eigenvalue weighted by atomic mass is 32.1. The molecule has 0 unspecified atom stereocenters. The van der Waals surface area contributed by atoms with Crippen LogP contribution >= 0.6 is 11.3 Å². The van der Waals surface area contributed by atoms with Crippen molar-refractivity contribution in [2.75, 3.05) is 25.1 Å². The van der Waals surface area contributed by atoms with Crippen LogP contribution in [0.15, 0.2) is 0 Å². The highest BCUT2D eigenvalue weighted by Crippen LogP contribution is 2.28. The molecule has 0 amide bonds. The van der Waals surface area contributed by atoms with E-state index in [1.54, 1.807) is 6.92 Å². The predicted octanol–water partition coefficient (Wildman–Crippen LogP) is 2.38. The summed E-state index contributed by atoms with van der Waals surface area (Å²) in [5, 5.41) is 12.7. The second kappa shape index (κ2) is 6.15. The van der Waals surface area contributed by atoms with Gasteiger partial charge in [0, 0.05) is 19.8 Å². The van der Waals surface area contributed by atoms with E-state index in [2.05, 4.69) is 10.3 Å². The van der Waals surface area contributed by atoms with Gasteiger partial charge in [-0.25, -0.2) is 9.78 Å². The lowest BCUT2D eigenvalue weighted by Gasteiger charge is -2.03. The van der Waals surface area contributed by atoms with Crippen LogP contribution in [0, 0.1) is 12.8 Å². The lowest BCUT2D eigenvalue weighted by atomic mass is 10.4. The fourth-order valence-electron chi connectivity index (χ4n) is 1.57. The number of carboxylic acids is 1. The smallest absolute Gasteiger partial charge is 0.347 e. The maximum absolute atomic E-state index is 10.8. The van der Waals surface area contributed by atoms with Crippen molar-refractivity contribution in [3.05, 3.63) is 10.6 Å². The molecule has 0 aliphatic heterocycles. The number of hydrogen-bond donors (Lipinski definition) is 2. The second-order valence-electron chi connectivity index (χ2n) is 4.54. The number of thiazole rings is 1. The van der Waals surface area contributed by atoms with E-state index in [0.717, 1.165) is 32.1 Å². The molecule has 2 rings (SSSR count). The van der Waals surface area contributed by atoms with E-state index in [0.29, 0.717) is 15.7 Å². The molecule has 1 saturated carbocycles. The van der Waals surface area contributed by atoms with E-state index in [4.69, 9.17) is 9.84 Å². The predicted molar refractivity (Wildman–Crippen MR) is 70.5 cm³/mol. The van der Waals surface area contributed by atoms with Crippen LogP contribution in [0.5, 0.6) is 0 Å². The van der Waals surface area contributed by atoms with Gasteiger partial charge in [-0.05, 0) is 32.1 Å². The molecule has 1 aromatic heterocycles. The lowest BCUT2D eigenvalue weighted by molar-refractivity contribution is 0.0701. The molecular formula is C12H18N2O3S. The molecule has 6 heteroatoms. The summed E-state index contributed by atoms with van der Waals surface area (Å²) in [7, 11) is 0. The van der Waals surface area contributed by atoms with Crippen molar-refractivity contribution in [2.24, 2.45) is 5.92 Å². The topological polar surface area (TPSA) is 71.5 Å². The van der Waals surface area contributed by atoms with Gasteiger partial charge in [0.15, 0.2) is 5.13 Å². The average molecular weight is 270 g/mol. The standard InChI is InChI=1S/C12H18N2O3S/c1-8-10(11(15)16)18-12(14-8)13-5-2-6-17-7-9-3-4-9/h9H,2-7H2,1H3,(H,13,14)(H,15,16). The van der Waals surface area contributed by atoms with Gasteiger partial charge in [0.2, 0.25) is 0 Å². The number of aryl methyl sites for hydroxylation is 1. The van der Waals surface area contributed by atoms with Crippen molar-refractivity contribution in [3.8, 4) is 0 Å². The van der Waals surface area contributed by atoms with Crippen LogP contribution in [-0.4, -0.2) is 35.8 Å². The Kier molecular flexibility index (Phi) is 4.54. The molecule has 1 aromatic rings. The zero-order valence-electron chi connectivity index (χ0n) is 10.4. The monoisotopic (exact) mass is 270 g/mol. The Balaban J connectivity index is 1.63. The molecule has 0 bridgehead atoms. The second-order valence-corrected chi connectivity index (χ2v) is 5.54. The number of carbonyl (C=O) groups is 1. The maximum Gasteiger partial charge on any atom is 0.347 e. The van der Waals surface area contributed by atoms with Gasteiger partial charge < -0.3 is 15.2 Å². The first-order valence-corrected chi connectivity index (χ1v) is 7.01. The molecule has 1 fully saturated rings. The Morgan fingerprint density at radius 3 is 3.00 bits per heavy atom. The van der Waals surface area contributed by atoms with Crippen LogP contribution in [0.25, 0.3) is 0 Å². The zero-order valence-corrected chi connectivity index (χ0v) is 11.3. The Hall–Kier alpha value is -1.14. The molecule has 18 heavy (non-hydrogen) atoms. The molecule has 1 aliphatic rings. The van der Waals surface area contributed by atoms with E-state index in [1.165, 1.54) is 24.2 Å². The SMILES string of the molecule is Cc1nc(NCCCOCC2CC2)sc1C(=O)O. The summed E-state index contributed by atoms with van der Waals surface area (Å²) >= 11 is 1.18. The van der Waals surface area contributed by atoms with Crippen molar-refractivity contribution >= 4 is 22.4 Å². The number of nitrogens with one attached hydrogen (secondary N) is 1. The Bertz CT molecular complexity index is 415. The van der Waals surface area contributed by atoms with E-state index in [1.807, 2.05) is 0 Å². The molecule has 0 spiro atoms. The minimum Gasteiger partial charge on any atom is -0.477 e. The molecule has 0 aromatic carbocycles. The van der Waals surface area contributed by atoms with Gasteiger partial charge in [-0.3, -0.25) is 0 Å². The Labute approximate surface area is 110 Å². The number of rotatable bonds is 8. The number of aromatic nitrogens is 1. The number of hydrogen-bond acceptors (Lipinski definition) is 5. The summed E-state index contributed by atoms with van der Waals surface area (Å²) in [4.78, 5) is 15.3. The number of nitrogens with zero attached hydrogens (tertiary/aromatic N) is 1. The first-order chi connectivity index (χ1) is 8.66. The third-order valence-electron chi connectivity index (χ3n) is 2.78. The first kappa shape index (κ1) is 13.3. The van der Waals surface area contributed by atoms with Crippen LogP contribution in [0.1, 0.15) is 34.6 Å². The molecule has 0 saturated heterocycles. The molecule has 5 nitrogen and oxygen atoms in total. The van der Waals surface area contributed by atoms with E-state index in [9.17, 15) is 4.79 Å². The van der Waals surface area contributed by atoms with Crippen molar-refractivity contribution in [1.82, 2.24) is 4.98 Å². The molecule has 0 radical (unpaired) electrons. The quantitative estimate of drug-likeness (QED) is 0.710. The highest BCUT2D eigenvalue weighted by molar-refractivity contribution is 7.17. The van der Waals surface area contributed by atoms with Crippen LogP contribution in [-0.2, 0) is 4.74 Å². The van der Waals surface area contributed by atoms with Gasteiger partial charge in [-0.1, -0.05) is 11.3 Å². The Morgan fingerprint density at radius 1 is 1.61 bits per heavy atom. The lowest BCUT2D eigenvalue weighted by Crippen LogP contribution is -2.06. The molecule has 1 aliphatic carbocycles. The number of ether oxygens (including phenoxy) is 1. The first-order valence-electron chi connectivity index (χ1n) is 6.19. The van der Waals surface area contributed by atoms with Crippen molar-refractivity contribution in [3.63, 3.8) is 0 Å². The number of aromatic carboxylic acids is 1. The summed E-state index contributed by atoms with van der Waals surface area (Å²) in [6.07, 6.45) is 3.54. The fraction of sp³-hybridized carbons (Fsp3) is 0.667. The van der Waals surface area contributed by atoms with Gasteiger partial charge >= 0.3 is 5.97 Å². The normalized spacial score (nSPS) is 14.7. The minimum absolute atomic E-state index is 0.308.